The van der Waals surface area contributed by atoms with Crippen molar-refractivity contribution in [2.75, 3.05) is 152 Å². The number of benzene rings is 1. The molecule has 0 spiro atoms. The van der Waals surface area contributed by atoms with Crippen molar-refractivity contribution in [2.45, 2.75) is 219 Å². The maximum atomic E-state index is 14.8. The number of aromatic nitrogens is 8. The highest BCUT2D eigenvalue weighted by Gasteiger charge is 2.53. The molecule has 2 saturated heterocycles. The number of carbonyl (C=O) groups is 6. The number of oxazole rings is 1. The lowest BCUT2D eigenvalue weighted by Gasteiger charge is -2.42. The van der Waals surface area contributed by atoms with Crippen LogP contribution in [0.4, 0.5) is 11.8 Å². The predicted octanol–water partition coefficient (Wildman–Crippen LogP) is 8.70. The number of nitrogens with zero attached hydrogens (tertiary/aromatic N) is 10. The van der Waals surface area contributed by atoms with Crippen molar-refractivity contribution in [3.63, 3.8) is 0 Å². The van der Waals surface area contributed by atoms with E-state index in [0.717, 1.165) is 47.3 Å². The molecule has 5 aromatic rings. The van der Waals surface area contributed by atoms with Gasteiger partial charge in [-0.3, -0.25) is 24.0 Å². The first-order valence-corrected chi connectivity index (χ1v) is 43.7. The van der Waals surface area contributed by atoms with E-state index in [-0.39, 0.29) is 92.5 Å². The number of unbranched alkanes of at least 4 members (excludes halogenated alkanes) is 1. The van der Waals surface area contributed by atoms with Crippen LogP contribution < -0.4 is 16.0 Å². The Balaban J connectivity index is 0.618. The highest BCUT2D eigenvalue weighted by molar-refractivity contribution is 6.39. The van der Waals surface area contributed by atoms with Crippen LogP contribution in [0.2, 0.25) is 0 Å². The first-order valence-electron chi connectivity index (χ1n) is 43.7. The number of fused-ring (bicyclic) bond motifs is 5. The van der Waals surface area contributed by atoms with E-state index in [4.69, 9.17) is 76.8 Å². The highest BCUT2D eigenvalue weighted by atomic mass is 16.6. The quantitative estimate of drug-likeness (QED) is 0.0123. The van der Waals surface area contributed by atoms with Crippen molar-refractivity contribution in [2.24, 2.45) is 35.5 Å². The maximum absolute atomic E-state index is 14.8. The zero-order chi connectivity index (χ0) is 88.4. The summed E-state index contributed by atoms with van der Waals surface area (Å²) in [5.74, 6) is -7.64. The van der Waals surface area contributed by atoms with Crippen LogP contribution in [0.5, 0.6) is 0 Å². The minimum absolute atomic E-state index is 0.00870. The number of esters is 1. The zero-order valence-corrected chi connectivity index (χ0v) is 74.1. The molecule has 9 rings (SSSR count). The molecule has 0 unspecified atom stereocenters. The Hall–Kier alpha value is -8.20. The lowest BCUT2D eigenvalue weighted by atomic mass is 9.78. The number of methoxy groups -OCH3 is 3. The van der Waals surface area contributed by atoms with Gasteiger partial charge in [-0.25, -0.2) is 24.1 Å². The first kappa shape index (κ1) is 98.6. The summed E-state index contributed by atoms with van der Waals surface area (Å²) in [5, 5.41) is 41.0. The second kappa shape index (κ2) is 50.8. The summed E-state index contributed by atoms with van der Waals surface area (Å²) in [5.41, 5.74) is 11.2. The predicted molar refractivity (Wildman–Crippen MR) is 457 cm³/mol. The number of hydrogen-bond donors (Lipinski definition) is 4. The standard InChI is InChI=1S/C89H134N12O22/c1-58-20-14-13-15-21-59(2)74(110-10)53-68-26-23-64(7)89(109,123-68)83(106)86(107)100-31-18-16-22-70(100)87(108)121-75(54-71(102)60(3)49-63(6)81(105)82(112-12)80(104)62(5)48-58)61(4)50-65-24-27-73(76(51-65)111-11)120-47-46-119-56-67-55-99(97-95-67)33-35-114-37-39-116-41-43-118-45-44-117-42-40-115-38-36-113-34-29-77(103)91-30-17-19-32-101-85-78(84(98(8)9)92-57-93-85)79(96-101)66-25-28-72-69(52-66)94-88(90)122-72/h13-15,20-21,25,28,49,52,55,57-58,60-62,64-65,68,70,73-76,81-82,105,109H,16-19,22-24,26-27,29-48,50-51,53-54,56H2,1-12H3,(H2,90,94)(H,91,103)/b15-13+,20-14+,59-21+,63-49+/t58-,60-,61-,62-,64-,65+,68+,70+,73-,74+,75+,76-,81-,82+,89-/m1/s1. The first-order chi connectivity index (χ1) is 59.3. The molecule has 5 N–H and O–H groups in total. The van der Waals surface area contributed by atoms with Gasteiger partial charge in [-0.15, -0.1) is 5.10 Å². The minimum atomic E-state index is -2.47. The number of nitrogen functional groups attached to an aromatic ring is 1. The summed E-state index contributed by atoms with van der Waals surface area (Å²) in [6.07, 6.45) is 16.5. The SMILES string of the molecule is CO[C@H]1C[C@@H]2CC[C@@H](C)[C@@](O)(O2)C(=O)C(=O)N2CCCC[C@H]2C(=O)O[C@H]([C@H](C)C[C@@H]2CC[C@@H](OCCOCc3cn(CCOCCOCCOCCOCCOCCOCCC(=O)NCCCCn4nc(-c5ccc6oc(N)nc6c5)c5c(N(C)C)ncnc54)nn3)[C@H](OC)C2)CC(=O)[C@H](C)/C=C(\C)[C@@H](O)[C@@H](OC)C(=O)[C@H](C)C[C@H](C)/C=C/C=C/C=C/1C. The molecule has 123 heavy (non-hydrogen) atoms. The second-order valence-corrected chi connectivity index (χ2v) is 33.0. The molecule has 3 aliphatic heterocycles. The number of nitrogens with two attached hydrogens (primary N) is 1. The number of piperidine rings is 1. The fourth-order valence-corrected chi connectivity index (χ4v) is 16.2. The van der Waals surface area contributed by atoms with Crippen molar-refractivity contribution >= 4 is 69.1 Å². The molecule has 15 atom stereocenters. The number of anilines is 2. The fraction of sp³-hybridized carbons (Fsp3) is 0.685. The number of Topliss-reactive ketones (excluding diaryl/α,β-unsaturated/α-hetero) is 3. The van der Waals surface area contributed by atoms with Crippen molar-refractivity contribution in [1.29, 1.82) is 0 Å². The average molecular weight is 1720 g/mol. The van der Waals surface area contributed by atoms with Gasteiger partial charge in [0.15, 0.2) is 17.0 Å². The van der Waals surface area contributed by atoms with Gasteiger partial charge in [-0.2, -0.15) is 10.1 Å². The van der Waals surface area contributed by atoms with E-state index in [9.17, 15) is 39.0 Å². The lowest BCUT2D eigenvalue weighted by Crippen LogP contribution is -2.61. The molecule has 1 aliphatic carbocycles. The fourth-order valence-electron chi connectivity index (χ4n) is 16.2. The van der Waals surface area contributed by atoms with E-state index in [1.54, 1.807) is 45.7 Å². The number of amides is 2. The van der Waals surface area contributed by atoms with Gasteiger partial charge >= 0.3 is 5.97 Å². The smallest absolute Gasteiger partial charge is 0.329 e. The van der Waals surface area contributed by atoms with Crippen molar-refractivity contribution in [1.82, 2.24) is 49.9 Å². The molecule has 4 aliphatic rings. The van der Waals surface area contributed by atoms with Gasteiger partial charge in [0.25, 0.3) is 17.7 Å². The summed E-state index contributed by atoms with van der Waals surface area (Å²) >= 11 is 0. The zero-order valence-electron chi connectivity index (χ0n) is 74.1. The van der Waals surface area contributed by atoms with Crippen LogP contribution in [0, 0.1) is 35.5 Å². The normalized spacial score (nSPS) is 27.0. The average Bonchev–Trinajstić information content (AvgIpc) is 1.72. The second-order valence-electron chi connectivity index (χ2n) is 33.0. The number of cyclic esters (lactones) is 1. The Labute approximate surface area is 722 Å². The van der Waals surface area contributed by atoms with E-state index in [1.807, 2.05) is 106 Å². The molecule has 1 aromatic carbocycles. The van der Waals surface area contributed by atoms with Gasteiger partial charge < -0.3 is 97.1 Å². The molecule has 2 amide bonds. The van der Waals surface area contributed by atoms with Gasteiger partial charge in [-0.05, 0) is 138 Å². The highest BCUT2D eigenvalue weighted by Crippen LogP contribution is 2.40. The van der Waals surface area contributed by atoms with E-state index in [0.29, 0.717) is 191 Å². The largest absolute Gasteiger partial charge is 0.460 e. The maximum Gasteiger partial charge on any atom is 0.329 e. The van der Waals surface area contributed by atoms with Gasteiger partial charge in [0, 0.05) is 97.6 Å². The Morgan fingerprint density at radius 3 is 2.17 bits per heavy atom. The summed E-state index contributed by atoms with van der Waals surface area (Å²) in [6, 6.07) is 4.56. The van der Waals surface area contributed by atoms with Crippen LogP contribution in [0.25, 0.3) is 33.4 Å². The number of rotatable bonds is 40. The third-order valence-corrected chi connectivity index (χ3v) is 23.4. The molecule has 2 bridgehead atoms. The van der Waals surface area contributed by atoms with Crippen LogP contribution in [0.1, 0.15) is 150 Å². The van der Waals surface area contributed by atoms with Crippen LogP contribution in [0.15, 0.2) is 82.7 Å². The van der Waals surface area contributed by atoms with Gasteiger partial charge in [-0.1, -0.05) is 76.3 Å². The number of hydrogen-bond acceptors (Lipinski definition) is 30. The molecule has 34 heteroatoms. The third kappa shape index (κ3) is 29.7. The summed E-state index contributed by atoms with van der Waals surface area (Å²) in [4.78, 5) is 101. The number of allylic oxidation sites excluding steroid dienone is 6. The van der Waals surface area contributed by atoms with Crippen LogP contribution >= 0.6 is 0 Å². The van der Waals surface area contributed by atoms with E-state index >= 15 is 0 Å². The number of ketones is 3. The number of aryl methyl sites for hydroxylation is 1. The number of ether oxygens (including phenoxy) is 13. The Kier molecular flexibility index (Phi) is 40.7. The van der Waals surface area contributed by atoms with Crippen LogP contribution in [-0.2, 0) is 110 Å². The summed E-state index contributed by atoms with van der Waals surface area (Å²) < 4.78 is 85.4. The van der Waals surface area contributed by atoms with E-state index < -0.39 is 77.8 Å². The van der Waals surface area contributed by atoms with Crippen molar-refractivity contribution < 1.29 is 105 Å². The summed E-state index contributed by atoms with van der Waals surface area (Å²) in [7, 11) is 8.47. The van der Waals surface area contributed by atoms with Crippen LogP contribution in [0.3, 0.4) is 0 Å². The van der Waals surface area contributed by atoms with Crippen molar-refractivity contribution in [3.8, 4) is 11.3 Å². The molecule has 682 valence electrons. The molecular formula is C89H134N12O22. The third-order valence-electron chi connectivity index (χ3n) is 23.4. The molecule has 34 nitrogen and oxygen atoms in total. The number of aliphatic hydroxyl groups is 2. The Morgan fingerprint density at radius 2 is 1.47 bits per heavy atom. The van der Waals surface area contributed by atoms with Gasteiger partial charge in [0.1, 0.15) is 59.2 Å². The molecular weight excluding hydrogens is 1590 g/mol. The van der Waals surface area contributed by atoms with E-state index in [2.05, 4.69) is 30.6 Å². The Morgan fingerprint density at radius 1 is 0.764 bits per heavy atom. The van der Waals surface area contributed by atoms with Crippen LogP contribution in [-0.4, -0.2) is 286 Å². The molecule has 1 saturated carbocycles. The van der Waals surface area contributed by atoms with E-state index in [1.165, 1.54) is 18.3 Å². The molecule has 3 fully saturated rings. The van der Waals surface area contributed by atoms with Gasteiger partial charge in [0.05, 0.1) is 142 Å². The monoisotopic (exact) mass is 1720 g/mol. The summed E-state index contributed by atoms with van der Waals surface area (Å²) in [6.45, 7) is 19.9. The minimum Gasteiger partial charge on any atom is -0.460 e. The molecule has 0 radical (unpaired) electrons. The molecule has 4 aromatic heterocycles. The Bertz CT molecular complexity index is 4260. The number of nitrogens with one attached hydrogen (secondary N) is 1. The van der Waals surface area contributed by atoms with Gasteiger partial charge in [0.2, 0.25) is 11.7 Å². The lowest BCUT2D eigenvalue weighted by molar-refractivity contribution is -0.265. The van der Waals surface area contributed by atoms with Crippen molar-refractivity contribution in [3.05, 3.63) is 84.0 Å². The topological polar surface area (TPSA) is 408 Å². The number of aliphatic hydroxyl groups excluding tert-OH is 1. The molecule has 7 heterocycles. The number of carbonyl (C=O) groups excluding carboxylic acids is 6.